The maximum Gasteiger partial charge on any atom is 0.307 e. The van der Waals surface area contributed by atoms with Gasteiger partial charge in [0.15, 0.2) is 0 Å². The van der Waals surface area contributed by atoms with E-state index < -0.39 is 0 Å². The van der Waals surface area contributed by atoms with Crippen LogP contribution in [0, 0.1) is 0 Å². The zero-order chi connectivity index (χ0) is 13.5. The summed E-state index contributed by atoms with van der Waals surface area (Å²) in [5.74, 6) is -0.145. The van der Waals surface area contributed by atoms with Crippen molar-refractivity contribution in [3.63, 3.8) is 0 Å². The molecule has 0 saturated carbocycles. The monoisotopic (exact) mass is 269 g/mol. The number of ether oxygens (including phenoxy) is 1. The van der Waals surface area contributed by atoms with Crippen LogP contribution in [0.2, 0.25) is 0 Å². The highest BCUT2D eigenvalue weighted by atomic mass is 35.5. The maximum atomic E-state index is 11.8. The minimum Gasteiger partial charge on any atom is -0.469 e. The van der Waals surface area contributed by atoms with Crippen molar-refractivity contribution in [2.75, 3.05) is 7.11 Å². The maximum absolute atomic E-state index is 11.8. The molecule has 0 aliphatic carbocycles. The second kappa shape index (κ2) is 7.01. The summed E-state index contributed by atoms with van der Waals surface area (Å²) in [4.78, 5) is 22.9. The number of carbonyl (C=O) groups excluding carboxylic acids is 2. The number of hydrogen-bond donors (Lipinski definition) is 1. The van der Waals surface area contributed by atoms with Gasteiger partial charge in [0.05, 0.1) is 13.5 Å². The first kappa shape index (κ1) is 14.5. The molecule has 0 fully saturated rings. The van der Waals surface area contributed by atoms with Gasteiger partial charge in [-0.3, -0.25) is 9.59 Å². The molecule has 0 aromatic heterocycles. The van der Waals surface area contributed by atoms with E-state index in [2.05, 4.69) is 10.1 Å². The number of nitrogens with one attached hydrogen (secondary N) is 1. The number of methoxy groups -OCH3 is 1. The summed E-state index contributed by atoms with van der Waals surface area (Å²) in [6.07, 6.45) is 0.155. The Kier molecular flexibility index (Phi) is 5.65. The van der Waals surface area contributed by atoms with E-state index >= 15 is 0 Å². The van der Waals surface area contributed by atoms with Gasteiger partial charge in [-0.1, -0.05) is 12.1 Å². The van der Waals surface area contributed by atoms with Gasteiger partial charge in [0.1, 0.15) is 0 Å². The van der Waals surface area contributed by atoms with Crippen LogP contribution in [0.25, 0.3) is 0 Å². The van der Waals surface area contributed by atoms with Gasteiger partial charge in [-0.05, 0) is 24.6 Å². The molecular formula is C13H16ClNO3. The van der Waals surface area contributed by atoms with Gasteiger partial charge in [0.25, 0.3) is 5.91 Å². The second-order valence-corrected chi connectivity index (χ2v) is 4.25. The van der Waals surface area contributed by atoms with E-state index in [4.69, 9.17) is 11.6 Å². The van der Waals surface area contributed by atoms with Crippen molar-refractivity contribution in [2.24, 2.45) is 0 Å². The lowest BCUT2D eigenvalue weighted by Crippen LogP contribution is -2.34. The van der Waals surface area contributed by atoms with Crippen LogP contribution in [-0.4, -0.2) is 25.0 Å². The number of halogens is 1. The Morgan fingerprint density at radius 1 is 1.33 bits per heavy atom. The largest absolute Gasteiger partial charge is 0.469 e. The fraction of sp³-hybridized carbons (Fsp3) is 0.385. The van der Waals surface area contributed by atoms with E-state index in [0.29, 0.717) is 11.4 Å². The fourth-order valence-electron chi connectivity index (χ4n) is 1.44. The molecule has 5 heteroatoms. The van der Waals surface area contributed by atoms with E-state index in [-0.39, 0.29) is 24.3 Å². The van der Waals surface area contributed by atoms with Gasteiger partial charge >= 0.3 is 5.97 Å². The topological polar surface area (TPSA) is 55.4 Å². The summed E-state index contributed by atoms with van der Waals surface area (Å²) in [5.41, 5.74) is 1.50. The third-order valence-corrected chi connectivity index (χ3v) is 2.76. The van der Waals surface area contributed by atoms with Crippen molar-refractivity contribution in [3.8, 4) is 0 Å². The summed E-state index contributed by atoms with van der Waals surface area (Å²) in [5, 5.41) is 2.73. The third kappa shape index (κ3) is 4.37. The minimum atomic E-state index is -0.347. The molecule has 0 spiro atoms. The molecule has 1 amide bonds. The molecule has 1 rings (SSSR count). The minimum absolute atomic E-state index is 0.155. The van der Waals surface area contributed by atoms with Crippen LogP contribution in [0.5, 0.6) is 0 Å². The first-order valence-corrected chi connectivity index (χ1v) is 6.13. The lowest BCUT2D eigenvalue weighted by molar-refractivity contribution is -0.141. The lowest BCUT2D eigenvalue weighted by Gasteiger charge is -2.12. The average molecular weight is 270 g/mol. The Labute approximate surface area is 111 Å². The molecule has 1 atom stereocenters. The van der Waals surface area contributed by atoms with Gasteiger partial charge in [-0.2, -0.15) is 0 Å². The molecular weight excluding hydrogens is 254 g/mol. The van der Waals surface area contributed by atoms with E-state index in [1.54, 1.807) is 31.2 Å². The predicted molar refractivity (Wildman–Crippen MR) is 69.6 cm³/mol. The summed E-state index contributed by atoms with van der Waals surface area (Å²) >= 11 is 5.66. The van der Waals surface area contributed by atoms with Gasteiger partial charge in [-0.25, -0.2) is 0 Å². The van der Waals surface area contributed by atoms with Crippen LogP contribution in [0.4, 0.5) is 0 Å². The van der Waals surface area contributed by atoms with Crippen molar-refractivity contribution >= 4 is 23.5 Å². The molecule has 4 nitrogen and oxygen atoms in total. The lowest BCUT2D eigenvalue weighted by atomic mass is 10.1. The molecule has 1 aromatic rings. The van der Waals surface area contributed by atoms with Gasteiger partial charge in [-0.15, -0.1) is 11.6 Å². The average Bonchev–Trinajstić information content (AvgIpc) is 2.38. The van der Waals surface area contributed by atoms with Crippen LogP contribution >= 0.6 is 11.6 Å². The standard InChI is InChI=1S/C13H16ClNO3/c1-9(7-12(16)18-2)15-13(17)11-5-3-10(8-14)4-6-11/h3-6,9H,7-8H2,1-2H3,(H,15,17). The third-order valence-electron chi connectivity index (χ3n) is 2.45. The Balaban J connectivity index is 2.56. The summed E-state index contributed by atoms with van der Waals surface area (Å²) in [7, 11) is 1.32. The smallest absolute Gasteiger partial charge is 0.307 e. The number of amides is 1. The molecule has 0 bridgehead atoms. The highest BCUT2D eigenvalue weighted by molar-refractivity contribution is 6.17. The SMILES string of the molecule is COC(=O)CC(C)NC(=O)c1ccc(CCl)cc1. The van der Waals surface area contributed by atoms with Crippen LogP contribution in [0.3, 0.4) is 0 Å². The summed E-state index contributed by atoms with van der Waals surface area (Å²) in [6.45, 7) is 1.75. The van der Waals surface area contributed by atoms with Gasteiger partial charge in [0.2, 0.25) is 0 Å². The number of benzene rings is 1. The Morgan fingerprint density at radius 3 is 2.44 bits per heavy atom. The van der Waals surface area contributed by atoms with Crippen LogP contribution < -0.4 is 5.32 Å². The first-order valence-electron chi connectivity index (χ1n) is 5.59. The number of carbonyl (C=O) groups is 2. The summed E-state index contributed by atoms with van der Waals surface area (Å²) < 4.78 is 4.53. The molecule has 1 aromatic carbocycles. The van der Waals surface area contributed by atoms with Crippen molar-refractivity contribution in [1.82, 2.24) is 5.32 Å². The van der Waals surface area contributed by atoms with Gasteiger partial charge < -0.3 is 10.1 Å². The number of alkyl halides is 1. The zero-order valence-electron chi connectivity index (χ0n) is 10.4. The van der Waals surface area contributed by atoms with Crippen molar-refractivity contribution < 1.29 is 14.3 Å². The predicted octanol–water partition coefficient (Wildman–Crippen LogP) is 2.11. The molecule has 18 heavy (non-hydrogen) atoms. The van der Waals surface area contributed by atoms with E-state index in [0.717, 1.165) is 5.56 Å². The second-order valence-electron chi connectivity index (χ2n) is 3.99. The highest BCUT2D eigenvalue weighted by Crippen LogP contribution is 2.07. The molecule has 98 valence electrons. The number of hydrogen-bond acceptors (Lipinski definition) is 3. The molecule has 1 unspecified atom stereocenters. The normalized spacial score (nSPS) is 11.7. The number of esters is 1. The molecule has 0 saturated heterocycles. The summed E-state index contributed by atoms with van der Waals surface area (Å²) in [6, 6.07) is 6.74. The zero-order valence-corrected chi connectivity index (χ0v) is 11.2. The first-order chi connectivity index (χ1) is 8.56. The number of rotatable bonds is 5. The van der Waals surface area contributed by atoms with Crippen molar-refractivity contribution in [1.29, 1.82) is 0 Å². The molecule has 0 heterocycles. The van der Waals surface area contributed by atoms with Crippen LogP contribution in [0.15, 0.2) is 24.3 Å². The van der Waals surface area contributed by atoms with Gasteiger partial charge in [0, 0.05) is 17.5 Å². The quantitative estimate of drug-likeness (QED) is 0.658. The van der Waals surface area contributed by atoms with E-state index in [9.17, 15) is 9.59 Å². The van der Waals surface area contributed by atoms with Crippen molar-refractivity contribution in [2.45, 2.75) is 25.3 Å². The van der Waals surface area contributed by atoms with E-state index in [1.807, 2.05) is 0 Å². The molecule has 0 aliphatic heterocycles. The Hall–Kier alpha value is -1.55. The van der Waals surface area contributed by atoms with Crippen LogP contribution in [0.1, 0.15) is 29.3 Å². The molecule has 0 radical (unpaired) electrons. The highest BCUT2D eigenvalue weighted by Gasteiger charge is 2.13. The molecule has 0 aliphatic rings. The van der Waals surface area contributed by atoms with E-state index in [1.165, 1.54) is 7.11 Å². The fourth-order valence-corrected chi connectivity index (χ4v) is 1.61. The molecule has 1 N–H and O–H groups in total. The Morgan fingerprint density at radius 2 is 1.94 bits per heavy atom. The Bertz CT molecular complexity index is 417. The van der Waals surface area contributed by atoms with Crippen LogP contribution in [-0.2, 0) is 15.4 Å². The van der Waals surface area contributed by atoms with Crippen molar-refractivity contribution in [3.05, 3.63) is 35.4 Å².